The molecule has 1 aromatic rings. The Hall–Kier alpha value is -0.620. The lowest BCUT2D eigenvalue weighted by Gasteiger charge is -2.05. The first-order chi connectivity index (χ1) is 8.03. The Kier molecular flexibility index (Phi) is 5.91. The highest BCUT2D eigenvalue weighted by Gasteiger charge is 2.11. The minimum atomic E-state index is -3.14. The molecule has 0 amide bonds. The summed E-state index contributed by atoms with van der Waals surface area (Å²) in [5.74, 6) is 0.0196. The summed E-state index contributed by atoms with van der Waals surface area (Å²) in [4.78, 5) is 0. The van der Waals surface area contributed by atoms with Crippen molar-refractivity contribution in [3.05, 3.63) is 34.9 Å². The van der Waals surface area contributed by atoms with Crippen LogP contribution in [0.25, 0.3) is 0 Å². The van der Waals surface area contributed by atoms with E-state index in [9.17, 15) is 8.42 Å². The summed E-state index contributed by atoms with van der Waals surface area (Å²) >= 11 is 5.72. The molecule has 0 unspecified atom stereocenters. The van der Waals surface area contributed by atoms with Crippen molar-refractivity contribution in [3.63, 3.8) is 0 Å². The van der Waals surface area contributed by atoms with E-state index in [4.69, 9.17) is 22.1 Å². The molecule has 0 spiro atoms. The molecule has 17 heavy (non-hydrogen) atoms. The van der Waals surface area contributed by atoms with E-state index in [1.54, 1.807) is 24.3 Å². The summed E-state index contributed by atoms with van der Waals surface area (Å²) in [5.41, 5.74) is 5.96. The van der Waals surface area contributed by atoms with Gasteiger partial charge in [0.05, 0.1) is 24.7 Å². The minimum Gasteiger partial charge on any atom is -0.379 e. The standard InChI is InChI=1S/C11H16ClNO3S/c12-11-3-1-10(2-4-11)9-17(14,15)8-7-16-6-5-13/h1-4H,5-9,13H2. The number of rotatable bonds is 7. The van der Waals surface area contributed by atoms with E-state index >= 15 is 0 Å². The molecule has 0 radical (unpaired) electrons. The molecule has 0 saturated heterocycles. The highest BCUT2D eigenvalue weighted by molar-refractivity contribution is 7.90. The summed E-state index contributed by atoms with van der Waals surface area (Å²) in [7, 11) is -3.14. The molecule has 1 aromatic carbocycles. The van der Waals surface area contributed by atoms with Crippen molar-refractivity contribution in [2.45, 2.75) is 5.75 Å². The van der Waals surface area contributed by atoms with Crippen LogP contribution in [0.1, 0.15) is 5.56 Å². The van der Waals surface area contributed by atoms with Gasteiger partial charge in [-0.1, -0.05) is 23.7 Å². The van der Waals surface area contributed by atoms with Gasteiger partial charge in [0, 0.05) is 11.6 Å². The van der Waals surface area contributed by atoms with Crippen LogP contribution in [0.4, 0.5) is 0 Å². The Morgan fingerprint density at radius 2 is 1.82 bits per heavy atom. The van der Waals surface area contributed by atoms with Crippen molar-refractivity contribution in [2.75, 3.05) is 25.5 Å². The van der Waals surface area contributed by atoms with Crippen molar-refractivity contribution >= 4 is 21.4 Å². The maximum absolute atomic E-state index is 11.7. The van der Waals surface area contributed by atoms with Crippen LogP contribution in [0.3, 0.4) is 0 Å². The van der Waals surface area contributed by atoms with Gasteiger partial charge in [0.1, 0.15) is 0 Å². The van der Waals surface area contributed by atoms with Crippen LogP contribution in [-0.2, 0) is 20.3 Å². The fourth-order valence-corrected chi connectivity index (χ4v) is 2.62. The largest absolute Gasteiger partial charge is 0.379 e. The average Bonchev–Trinajstić information content (AvgIpc) is 2.27. The number of hydrogen-bond acceptors (Lipinski definition) is 4. The third kappa shape index (κ3) is 6.02. The normalized spacial score (nSPS) is 11.6. The monoisotopic (exact) mass is 277 g/mol. The van der Waals surface area contributed by atoms with Gasteiger partial charge in [-0.25, -0.2) is 8.42 Å². The maximum atomic E-state index is 11.7. The summed E-state index contributed by atoms with van der Waals surface area (Å²) < 4.78 is 28.5. The fourth-order valence-electron chi connectivity index (χ4n) is 1.28. The molecule has 0 atom stereocenters. The molecule has 0 aromatic heterocycles. The molecule has 0 bridgehead atoms. The zero-order chi connectivity index (χ0) is 12.7. The smallest absolute Gasteiger partial charge is 0.156 e. The van der Waals surface area contributed by atoms with Crippen molar-refractivity contribution in [3.8, 4) is 0 Å². The molecule has 0 aliphatic heterocycles. The Morgan fingerprint density at radius 1 is 1.18 bits per heavy atom. The Labute approximate surface area is 107 Å². The van der Waals surface area contributed by atoms with Gasteiger partial charge in [0.25, 0.3) is 0 Å². The molecule has 0 aliphatic carbocycles. The third-order valence-electron chi connectivity index (χ3n) is 2.10. The summed E-state index contributed by atoms with van der Waals surface area (Å²) in [5, 5.41) is 0.595. The van der Waals surface area contributed by atoms with Gasteiger partial charge >= 0.3 is 0 Å². The van der Waals surface area contributed by atoms with Crippen molar-refractivity contribution in [2.24, 2.45) is 5.73 Å². The summed E-state index contributed by atoms with van der Waals surface area (Å²) in [6.07, 6.45) is 0. The first kappa shape index (κ1) is 14.4. The molecular formula is C11H16ClNO3S. The summed E-state index contributed by atoms with van der Waals surface area (Å²) in [6.45, 7) is 0.973. The van der Waals surface area contributed by atoms with E-state index < -0.39 is 9.84 Å². The average molecular weight is 278 g/mol. The highest BCUT2D eigenvalue weighted by Crippen LogP contribution is 2.12. The van der Waals surface area contributed by atoms with E-state index in [2.05, 4.69) is 0 Å². The van der Waals surface area contributed by atoms with E-state index in [-0.39, 0.29) is 18.1 Å². The zero-order valence-corrected chi connectivity index (χ0v) is 11.0. The third-order valence-corrected chi connectivity index (χ3v) is 3.91. The fraction of sp³-hybridized carbons (Fsp3) is 0.455. The van der Waals surface area contributed by atoms with Crippen molar-refractivity contribution < 1.29 is 13.2 Å². The number of sulfone groups is 1. The predicted molar refractivity (Wildman–Crippen MR) is 68.8 cm³/mol. The highest BCUT2D eigenvalue weighted by atomic mass is 35.5. The van der Waals surface area contributed by atoms with Crippen LogP contribution in [0.2, 0.25) is 5.02 Å². The van der Waals surface area contributed by atoms with Crippen molar-refractivity contribution in [1.29, 1.82) is 0 Å². The van der Waals surface area contributed by atoms with Crippen LogP contribution >= 0.6 is 11.6 Å². The Balaban J connectivity index is 2.46. The lowest BCUT2D eigenvalue weighted by Crippen LogP contribution is -2.17. The number of ether oxygens (including phenoxy) is 1. The molecule has 1 rings (SSSR count). The lowest BCUT2D eigenvalue weighted by molar-refractivity contribution is 0.157. The van der Waals surface area contributed by atoms with Gasteiger partial charge in [-0.2, -0.15) is 0 Å². The Morgan fingerprint density at radius 3 is 2.41 bits per heavy atom. The second-order valence-electron chi connectivity index (χ2n) is 3.62. The quantitative estimate of drug-likeness (QED) is 0.761. The topological polar surface area (TPSA) is 69.4 Å². The number of hydrogen-bond donors (Lipinski definition) is 1. The summed E-state index contributed by atoms with van der Waals surface area (Å²) in [6, 6.07) is 6.77. The maximum Gasteiger partial charge on any atom is 0.156 e. The first-order valence-corrected chi connectivity index (χ1v) is 7.46. The van der Waals surface area contributed by atoms with Crippen LogP contribution in [0.15, 0.2) is 24.3 Å². The number of nitrogens with two attached hydrogens (primary N) is 1. The van der Waals surface area contributed by atoms with E-state index in [1.807, 2.05) is 0 Å². The van der Waals surface area contributed by atoms with Gasteiger partial charge in [-0.15, -0.1) is 0 Å². The van der Waals surface area contributed by atoms with E-state index in [1.165, 1.54) is 0 Å². The molecule has 0 fully saturated rings. The number of halogens is 1. The van der Waals surface area contributed by atoms with Gasteiger partial charge < -0.3 is 10.5 Å². The molecule has 6 heteroatoms. The molecule has 0 saturated carbocycles. The van der Waals surface area contributed by atoms with Crippen LogP contribution in [0.5, 0.6) is 0 Å². The van der Waals surface area contributed by atoms with Crippen LogP contribution < -0.4 is 5.73 Å². The molecule has 96 valence electrons. The molecule has 4 nitrogen and oxygen atoms in total. The molecule has 0 aliphatic rings. The van der Waals surface area contributed by atoms with Gasteiger partial charge in [-0.05, 0) is 17.7 Å². The minimum absolute atomic E-state index is 0.00955. The van der Waals surface area contributed by atoms with Gasteiger partial charge in [-0.3, -0.25) is 0 Å². The lowest BCUT2D eigenvalue weighted by atomic mass is 10.2. The SMILES string of the molecule is NCCOCCS(=O)(=O)Cc1ccc(Cl)cc1. The molecular weight excluding hydrogens is 262 g/mol. The number of benzene rings is 1. The molecule has 0 heterocycles. The van der Waals surface area contributed by atoms with Crippen molar-refractivity contribution in [1.82, 2.24) is 0 Å². The van der Waals surface area contributed by atoms with E-state index in [0.717, 1.165) is 5.56 Å². The van der Waals surface area contributed by atoms with Crippen LogP contribution in [-0.4, -0.2) is 33.9 Å². The zero-order valence-electron chi connectivity index (χ0n) is 9.43. The second-order valence-corrected chi connectivity index (χ2v) is 6.24. The van der Waals surface area contributed by atoms with Crippen LogP contribution in [0, 0.1) is 0 Å². The second kappa shape index (κ2) is 6.96. The van der Waals surface area contributed by atoms with Gasteiger partial charge in [0.2, 0.25) is 0 Å². The van der Waals surface area contributed by atoms with E-state index in [0.29, 0.717) is 18.2 Å². The predicted octanol–water partition coefficient (Wildman–Crippen LogP) is 1.23. The first-order valence-electron chi connectivity index (χ1n) is 5.26. The van der Waals surface area contributed by atoms with Gasteiger partial charge in [0.15, 0.2) is 9.84 Å². The molecule has 2 N–H and O–H groups in total. The Bertz CT molecular complexity index is 431.